The number of benzene rings is 1. The fourth-order valence-electron chi connectivity index (χ4n) is 3.40. The lowest BCUT2D eigenvalue weighted by molar-refractivity contribution is 0.423. The Labute approximate surface area is 196 Å². The van der Waals surface area contributed by atoms with Gasteiger partial charge in [-0.2, -0.15) is 19.3 Å². The molecule has 1 aliphatic heterocycles. The number of nitrogens with two attached hydrogens (primary N) is 1. The van der Waals surface area contributed by atoms with E-state index in [9.17, 15) is 12.8 Å². The third-order valence-electron chi connectivity index (χ3n) is 5.06. The number of hydrogen-bond acceptors (Lipinski definition) is 9. The standard InChI is InChI=1S/C21H24FN7O2S2/c22-15-5-7-16(8-6-15)25-21-27-18(26-20(23)28-21)14-32-19-10-9-17(13-24-19)33(30,31)29-11-3-1-2-4-12-29/h5-10,13H,1-4,11-12,14H2,(H3,23,25,26,27,28). The highest BCUT2D eigenvalue weighted by Crippen LogP contribution is 2.24. The number of halogens is 1. The Bertz CT molecular complexity index is 1180. The van der Waals surface area contributed by atoms with Crippen LogP contribution >= 0.6 is 11.8 Å². The molecule has 0 amide bonds. The molecule has 12 heteroatoms. The Balaban J connectivity index is 1.41. The molecule has 0 bridgehead atoms. The van der Waals surface area contributed by atoms with Gasteiger partial charge in [0.05, 0.1) is 10.8 Å². The van der Waals surface area contributed by atoms with Crippen molar-refractivity contribution in [3.05, 3.63) is 54.2 Å². The van der Waals surface area contributed by atoms with Gasteiger partial charge in [-0.05, 0) is 49.2 Å². The normalized spacial score (nSPS) is 15.2. The molecule has 9 nitrogen and oxygen atoms in total. The molecule has 0 unspecified atom stereocenters. The van der Waals surface area contributed by atoms with Crippen LogP contribution < -0.4 is 11.1 Å². The molecule has 1 saturated heterocycles. The van der Waals surface area contributed by atoms with Gasteiger partial charge in [-0.25, -0.2) is 17.8 Å². The summed E-state index contributed by atoms with van der Waals surface area (Å²) >= 11 is 1.35. The van der Waals surface area contributed by atoms with Crippen LogP contribution in [-0.2, 0) is 15.8 Å². The largest absolute Gasteiger partial charge is 0.368 e. The Morgan fingerprint density at radius 1 is 1.00 bits per heavy atom. The Kier molecular flexibility index (Phi) is 7.36. The zero-order chi connectivity index (χ0) is 23.3. The molecule has 0 atom stereocenters. The highest BCUT2D eigenvalue weighted by molar-refractivity contribution is 7.98. The van der Waals surface area contributed by atoms with Crippen molar-refractivity contribution in [2.75, 3.05) is 24.1 Å². The summed E-state index contributed by atoms with van der Waals surface area (Å²) < 4.78 is 40.4. The van der Waals surface area contributed by atoms with Crippen LogP contribution in [0.1, 0.15) is 31.5 Å². The third kappa shape index (κ3) is 6.15. The van der Waals surface area contributed by atoms with Crippen LogP contribution in [0.2, 0.25) is 0 Å². The smallest absolute Gasteiger partial charge is 0.244 e. The van der Waals surface area contributed by atoms with Gasteiger partial charge in [0, 0.05) is 25.0 Å². The van der Waals surface area contributed by atoms with E-state index >= 15 is 0 Å². The summed E-state index contributed by atoms with van der Waals surface area (Å²) in [4.78, 5) is 17.0. The lowest BCUT2D eigenvalue weighted by Crippen LogP contribution is -2.32. The van der Waals surface area contributed by atoms with E-state index in [1.165, 1.54) is 30.1 Å². The fourth-order valence-corrected chi connectivity index (χ4v) is 5.56. The van der Waals surface area contributed by atoms with Crippen molar-refractivity contribution in [2.24, 2.45) is 0 Å². The molecule has 3 heterocycles. The molecule has 0 spiro atoms. The number of anilines is 3. The summed E-state index contributed by atoms with van der Waals surface area (Å²) in [6, 6.07) is 9.04. The van der Waals surface area contributed by atoms with Gasteiger partial charge in [0.25, 0.3) is 0 Å². The van der Waals surface area contributed by atoms with Crippen LogP contribution in [0.15, 0.2) is 52.5 Å². The first-order chi connectivity index (χ1) is 15.9. The second-order valence-electron chi connectivity index (χ2n) is 7.50. The van der Waals surface area contributed by atoms with Crippen LogP contribution in [0.3, 0.4) is 0 Å². The van der Waals surface area contributed by atoms with Crippen molar-refractivity contribution in [1.29, 1.82) is 0 Å². The third-order valence-corrected chi connectivity index (χ3v) is 7.88. The van der Waals surface area contributed by atoms with E-state index in [0.29, 0.717) is 35.4 Å². The molecule has 0 saturated carbocycles. The second-order valence-corrected chi connectivity index (χ2v) is 10.4. The molecular formula is C21H24FN7O2S2. The summed E-state index contributed by atoms with van der Waals surface area (Å²) in [5.41, 5.74) is 6.41. The number of hydrogen-bond donors (Lipinski definition) is 2. The SMILES string of the molecule is Nc1nc(CSc2ccc(S(=O)(=O)N3CCCCCC3)cn2)nc(Nc2ccc(F)cc2)n1. The van der Waals surface area contributed by atoms with E-state index in [1.54, 1.807) is 28.6 Å². The highest BCUT2D eigenvalue weighted by atomic mass is 32.2. The quantitative estimate of drug-likeness (QED) is 0.479. The summed E-state index contributed by atoms with van der Waals surface area (Å²) in [6.45, 7) is 1.10. The molecule has 33 heavy (non-hydrogen) atoms. The molecule has 2 aromatic heterocycles. The summed E-state index contributed by atoms with van der Waals surface area (Å²) in [7, 11) is -3.53. The summed E-state index contributed by atoms with van der Waals surface area (Å²) in [6.07, 6.45) is 5.28. The lowest BCUT2D eigenvalue weighted by Gasteiger charge is -2.19. The maximum absolute atomic E-state index is 13.1. The molecule has 0 radical (unpaired) electrons. The molecule has 1 aliphatic rings. The van der Waals surface area contributed by atoms with Gasteiger partial charge in [-0.1, -0.05) is 24.6 Å². The molecule has 3 aromatic rings. The fraction of sp³-hybridized carbons (Fsp3) is 0.333. The van der Waals surface area contributed by atoms with Crippen molar-refractivity contribution in [2.45, 2.75) is 41.4 Å². The Morgan fingerprint density at radius 2 is 1.73 bits per heavy atom. The van der Waals surface area contributed by atoms with Crippen molar-refractivity contribution < 1.29 is 12.8 Å². The van der Waals surface area contributed by atoms with Gasteiger partial charge >= 0.3 is 0 Å². The van der Waals surface area contributed by atoms with Gasteiger partial charge in [0.15, 0.2) is 0 Å². The van der Waals surface area contributed by atoms with Crippen molar-refractivity contribution in [1.82, 2.24) is 24.2 Å². The number of nitrogens with zero attached hydrogens (tertiary/aromatic N) is 5. The maximum atomic E-state index is 13.1. The van der Waals surface area contributed by atoms with Crippen molar-refractivity contribution >= 4 is 39.4 Å². The van der Waals surface area contributed by atoms with E-state index in [1.807, 2.05) is 0 Å². The van der Waals surface area contributed by atoms with Gasteiger partial charge in [-0.3, -0.25) is 0 Å². The Hall–Kier alpha value is -2.83. The number of pyridine rings is 1. The van der Waals surface area contributed by atoms with Gasteiger partial charge in [0.2, 0.25) is 21.9 Å². The van der Waals surface area contributed by atoms with Crippen LogP contribution in [0, 0.1) is 5.82 Å². The zero-order valence-electron chi connectivity index (χ0n) is 17.8. The Morgan fingerprint density at radius 3 is 2.39 bits per heavy atom. The minimum Gasteiger partial charge on any atom is -0.368 e. The van der Waals surface area contributed by atoms with Crippen LogP contribution in [0.25, 0.3) is 0 Å². The molecule has 4 rings (SSSR count). The molecular weight excluding hydrogens is 465 g/mol. The van der Waals surface area contributed by atoms with Crippen LogP contribution in [0.5, 0.6) is 0 Å². The van der Waals surface area contributed by atoms with Gasteiger partial charge < -0.3 is 11.1 Å². The lowest BCUT2D eigenvalue weighted by atomic mass is 10.2. The zero-order valence-corrected chi connectivity index (χ0v) is 19.4. The molecule has 1 fully saturated rings. The topological polar surface area (TPSA) is 127 Å². The van der Waals surface area contributed by atoms with Gasteiger partial charge in [-0.15, -0.1) is 0 Å². The summed E-state index contributed by atoms with van der Waals surface area (Å²) in [5, 5.41) is 3.60. The number of thioether (sulfide) groups is 1. The first-order valence-electron chi connectivity index (χ1n) is 10.5. The number of sulfonamides is 1. The highest BCUT2D eigenvalue weighted by Gasteiger charge is 2.25. The van der Waals surface area contributed by atoms with E-state index in [-0.39, 0.29) is 22.6 Å². The predicted octanol–water partition coefficient (Wildman–Crippen LogP) is 3.59. The van der Waals surface area contributed by atoms with E-state index < -0.39 is 10.0 Å². The van der Waals surface area contributed by atoms with E-state index in [4.69, 9.17) is 5.73 Å². The molecule has 1 aromatic carbocycles. The van der Waals surface area contributed by atoms with Crippen molar-refractivity contribution in [3.63, 3.8) is 0 Å². The second kappa shape index (κ2) is 10.4. The molecule has 174 valence electrons. The van der Waals surface area contributed by atoms with Crippen LogP contribution in [-0.4, -0.2) is 45.7 Å². The monoisotopic (exact) mass is 489 g/mol. The van der Waals surface area contributed by atoms with E-state index in [0.717, 1.165) is 25.7 Å². The molecule has 3 N–H and O–H groups in total. The van der Waals surface area contributed by atoms with E-state index in [2.05, 4.69) is 25.3 Å². The first kappa shape index (κ1) is 23.3. The summed E-state index contributed by atoms with van der Waals surface area (Å²) in [5.74, 6) is 0.745. The van der Waals surface area contributed by atoms with Gasteiger partial charge in [0.1, 0.15) is 16.5 Å². The number of aromatic nitrogens is 4. The predicted molar refractivity (Wildman–Crippen MR) is 125 cm³/mol. The number of nitrogen functional groups attached to an aromatic ring is 1. The molecule has 0 aliphatic carbocycles. The average Bonchev–Trinajstić information content (AvgIpc) is 3.10. The first-order valence-corrected chi connectivity index (χ1v) is 12.9. The maximum Gasteiger partial charge on any atom is 0.244 e. The van der Waals surface area contributed by atoms with Crippen LogP contribution in [0.4, 0.5) is 22.0 Å². The number of nitrogens with one attached hydrogen (secondary N) is 1. The minimum atomic E-state index is -3.53. The van der Waals surface area contributed by atoms with Crippen molar-refractivity contribution in [3.8, 4) is 0 Å². The average molecular weight is 490 g/mol. The number of rotatable bonds is 7. The minimum absolute atomic E-state index is 0.0528.